The topological polar surface area (TPSA) is 21.3 Å². The minimum Gasteiger partial charge on any atom is -0.375 e. The van der Waals surface area contributed by atoms with E-state index in [4.69, 9.17) is 4.74 Å². The van der Waals surface area contributed by atoms with Gasteiger partial charge in [0.1, 0.15) is 0 Å². The van der Waals surface area contributed by atoms with Gasteiger partial charge < -0.3 is 10.1 Å². The van der Waals surface area contributed by atoms with E-state index in [0.717, 1.165) is 19.6 Å². The molecule has 1 N–H and O–H groups in total. The van der Waals surface area contributed by atoms with Gasteiger partial charge in [-0.3, -0.25) is 0 Å². The summed E-state index contributed by atoms with van der Waals surface area (Å²) in [5.74, 6) is 0. The molecular weight excluding hydrogens is 138 g/mol. The molecule has 1 atom stereocenters. The van der Waals surface area contributed by atoms with Crippen LogP contribution >= 0.6 is 0 Å². The van der Waals surface area contributed by atoms with E-state index in [1.165, 1.54) is 19.3 Å². The molecule has 1 aliphatic rings. The number of rotatable bonds is 4. The maximum Gasteiger partial charge on any atom is 0.0692 e. The standard InChI is InChI=1S/C9H19NO/c1-3-9(6-7-10-2)5-4-8-11-9/h10H,3-8H2,1-2H3. The van der Waals surface area contributed by atoms with Crippen molar-refractivity contribution in [1.82, 2.24) is 5.32 Å². The lowest BCUT2D eigenvalue weighted by Gasteiger charge is -2.26. The van der Waals surface area contributed by atoms with Gasteiger partial charge in [0.05, 0.1) is 5.60 Å². The quantitative estimate of drug-likeness (QED) is 0.668. The molecule has 1 saturated heterocycles. The Labute approximate surface area is 69.3 Å². The molecule has 1 aliphatic heterocycles. The number of nitrogens with one attached hydrogen (secondary N) is 1. The van der Waals surface area contributed by atoms with E-state index in [9.17, 15) is 0 Å². The Morgan fingerprint density at radius 1 is 1.55 bits per heavy atom. The molecule has 1 heterocycles. The first-order chi connectivity index (χ1) is 5.33. The fraction of sp³-hybridized carbons (Fsp3) is 1.00. The first kappa shape index (κ1) is 9.01. The molecule has 0 amide bonds. The lowest BCUT2D eigenvalue weighted by atomic mass is 9.93. The molecule has 11 heavy (non-hydrogen) atoms. The molecule has 1 unspecified atom stereocenters. The van der Waals surface area contributed by atoms with E-state index in [1.807, 2.05) is 7.05 Å². The Morgan fingerprint density at radius 2 is 2.36 bits per heavy atom. The lowest BCUT2D eigenvalue weighted by Crippen LogP contribution is -2.30. The smallest absolute Gasteiger partial charge is 0.0692 e. The Balaban J connectivity index is 2.33. The zero-order chi connectivity index (χ0) is 8.16. The van der Waals surface area contributed by atoms with E-state index in [0.29, 0.717) is 0 Å². The van der Waals surface area contributed by atoms with Gasteiger partial charge in [0.15, 0.2) is 0 Å². The number of hydrogen-bond donors (Lipinski definition) is 1. The van der Waals surface area contributed by atoms with Crippen LogP contribution in [0.5, 0.6) is 0 Å². The van der Waals surface area contributed by atoms with Crippen LogP contribution in [0.2, 0.25) is 0 Å². The van der Waals surface area contributed by atoms with Crippen molar-refractivity contribution in [3.63, 3.8) is 0 Å². The monoisotopic (exact) mass is 157 g/mol. The highest BCUT2D eigenvalue weighted by Crippen LogP contribution is 2.31. The van der Waals surface area contributed by atoms with Gasteiger partial charge in [0, 0.05) is 6.61 Å². The van der Waals surface area contributed by atoms with Crippen molar-refractivity contribution >= 4 is 0 Å². The van der Waals surface area contributed by atoms with Crippen molar-refractivity contribution < 1.29 is 4.74 Å². The van der Waals surface area contributed by atoms with Crippen LogP contribution in [0.3, 0.4) is 0 Å². The van der Waals surface area contributed by atoms with E-state index in [-0.39, 0.29) is 5.60 Å². The third-order valence-electron chi connectivity index (χ3n) is 2.66. The minimum atomic E-state index is 0.225. The predicted molar refractivity (Wildman–Crippen MR) is 46.8 cm³/mol. The third kappa shape index (κ3) is 2.17. The van der Waals surface area contributed by atoms with Gasteiger partial charge in [-0.15, -0.1) is 0 Å². The van der Waals surface area contributed by atoms with Crippen LogP contribution in [0.15, 0.2) is 0 Å². The van der Waals surface area contributed by atoms with Crippen molar-refractivity contribution in [1.29, 1.82) is 0 Å². The maximum absolute atomic E-state index is 5.75. The van der Waals surface area contributed by atoms with Crippen LogP contribution in [0, 0.1) is 0 Å². The van der Waals surface area contributed by atoms with Gasteiger partial charge in [0.25, 0.3) is 0 Å². The van der Waals surface area contributed by atoms with Crippen molar-refractivity contribution in [2.45, 2.75) is 38.2 Å². The van der Waals surface area contributed by atoms with Gasteiger partial charge in [-0.05, 0) is 39.3 Å². The average molecular weight is 157 g/mol. The van der Waals surface area contributed by atoms with Gasteiger partial charge in [-0.25, -0.2) is 0 Å². The van der Waals surface area contributed by atoms with E-state index in [2.05, 4.69) is 12.2 Å². The minimum absolute atomic E-state index is 0.225. The van der Waals surface area contributed by atoms with Crippen LogP contribution in [-0.2, 0) is 4.74 Å². The number of ether oxygens (including phenoxy) is 1. The predicted octanol–water partition coefficient (Wildman–Crippen LogP) is 1.56. The van der Waals surface area contributed by atoms with Crippen LogP contribution in [0.4, 0.5) is 0 Å². The summed E-state index contributed by atoms with van der Waals surface area (Å²) in [6.45, 7) is 4.27. The van der Waals surface area contributed by atoms with Crippen molar-refractivity contribution in [2.24, 2.45) is 0 Å². The Morgan fingerprint density at radius 3 is 2.82 bits per heavy atom. The average Bonchev–Trinajstić information content (AvgIpc) is 2.50. The Kier molecular flexibility index (Phi) is 3.34. The molecular formula is C9H19NO. The van der Waals surface area contributed by atoms with E-state index in [1.54, 1.807) is 0 Å². The molecule has 66 valence electrons. The normalized spacial score (nSPS) is 31.1. The molecule has 0 saturated carbocycles. The number of hydrogen-bond acceptors (Lipinski definition) is 2. The van der Waals surface area contributed by atoms with Gasteiger partial charge in [0.2, 0.25) is 0 Å². The maximum atomic E-state index is 5.75. The van der Waals surface area contributed by atoms with Crippen LogP contribution in [-0.4, -0.2) is 25.8 Å². The van der Waals surface area contributed by atoms with Crippen molar-refractivity contribution in [2.75, 3.05) is 20.2 Å². The summed E-state index contributed by atoms with van der Waals surface area (Å²) in [4.78, 5) is 0. The first-order valence-corrected chi connectivity index (χ1v) is 4.61. The summed E-state index contributed by atoms with van der Waals surface area (Å²) in [6.07, 6.45) is 4.83. The summed E-state index contributed by atoms with van der Waals surface area (Å²) in [5, 5.41) is 3.17. The largest absolute Gasteiger partial charge is 0.375 e. The molecule has 0 aliphatic carbocycles. The van der Waals surface area contributed by atoms with Gasteiger partial charge in [-0.1, -0.05) is 6.92 Å². The van der Waals surface area contributed by atoms with Gasteiger partial charge >= 0.3 is 0 Å². The molecule has 2 nitrogen and oxygen atoms in total. The first-order valence-electron chi connectivity index (χ1n) is 4.61. The second-order valence-electron chi connectivity index (χ2n) is 3.34. The second-order valence-corrected chi connectivity index (χ2v) is 3.34. The van der Waals surface area contributed by atoms with Crippen molar-refractivity contribution in [3.8, 4) is 0 Å². The molecule has 0 aromatic carbocycles. The molecule has 0 aromatic heterocycles. The fourth-order valence-corrected chi connectivity index (χ4v) is 1.76. The molecule has 1 rings (SSSR count). The summed E-state index contributed by atoms with van der Waals surface area (Å²) in [7, 11) is 2.00. The SMILES string of the molecule is CCC1(CCNC)CCCO1. The highest BCUT2D eigenvalue weighted by molar-refractivity contribution is 4.83. The zero-order valence-electron chi connectivity index (χ0n) is 7.65. The van der Waals surface area contributed by atoms with E-state index >= 15 is 0 Å². The van der Waals surface area contributed by atoms with Crippen LogP contribution in [0.1, 0.15) is 32.6 Å². The van der Waals surface area contributed by atoms with Crippen LogP contribution in [0.25, 0.3) is 0 Å². The highest BCUT2D eigenvalue weighted by Gasteiger charge is 2.32. The lowest BCUT2D eigenvalue weighted by molar-refractivity contribution is -0.00504. The molecule has 0 bridgehead atoms. The highest BCUT2D eigenvalue weighted by atomic mass is 16.5. The van der Waals surface area contributed by atoms with Gasteiger partial charge in [-0.2, -0.15) is 0 Å². The summed E-state index contributed by atoms with van der Waals surface area (Å²) >= 11 is 0. The second kappa shape index (κ2) is 4.07. The molecule has 0 radical (unpaired) electrons. The molecule has 0 aromatic rings. The summed E-state index contributed by atoms with van der Waals surface area (Å²) < 4.78 is 5.75. The van der Waals surface area contributed by atoms with Crippen LogP contribution < -0.4 is 5.32 Å². The zero-order valence-corrected chi connectivity index (χ0v) is 7.65. The Hall–Kier alpha value is -0.0800. The fourth-order valence-electron chi connectivity index (χ4n) is 1.76. The summed E-state index contributed by atoms with van der Waals surface area (Å²) in [5.41, 5.74) is 0.225. The molecule has 2 heteroatoms. The third-order valence-corrected chi connectivity index (χ3v) is 2.66. The Bertz CT molecular complexity index is 108. The van der Waals surface area contributed by atoms with E-state index < -0.39 is 0 Å². The molecule has 0 spiro atoms. The molecule has 1 fully saturated rings. The summed E-state index contributed by atoms with van der Waals surface area (Å²) in [6, 6.07) is 0. The van der Waals surface area contributed by atoms with Crippen molar-refractivity contribution in [3.05, 3.63) is 0 Å².